The van der Waals surface area contributed by atoms with Gasteiger partial charge in [0.2, 0.25) is 0 Å². The van der Waals surface area contributed by atoms with Crippen LogP contribution >= 0.6 is 0 Å². The molecule has 0 unspecified atom stereocenters. The first kappa shape index (κ1) is 16.7. The van der Waals surface area contributed by atoms with Gasteiger partial charge < -0.3 is 9.55 Å². The summed E-state index contributed by atoms with van der Waals surface area (Å²) in [6.07, 6.45) is 6.48. The number of nitrogens with zero attached hydrogens (tertiary/aromatic N) is 1. The lowest BCUT2D eigenvalue weighted by atomic mass is 10.1. The highest BCUT2D eigenvalue weighted by atomic mass is 16.5. The molecule has 24 heavy (non-hydrogen) atoms. The first-order valence-electron chi connectivity index (χ1n) is 8.34. The third-order valence-electron chi connectivity index (χ3n) is 4.47. The lowest BCUT2D eigenvalue weighted by Crippen LogP contribution is -2.25. The lowest BCUT2D eigenvalue weighted by molar-refractivity contribution is 0.0506. The molecule has 2 atom stereocenters. The van der Waals surface area contributed by atoms with Crippen LogP contribution in [0.15, 0.2) is 60.7 Å². The van der Waals surface area contributed by atoms with E-state index >= 15 is 0 Å². The number of benzene rings is 2. The van der Waals surface area contributed by atoms with Crippen LogP contribution in [0.5, 0.6) is 0 Å². The number of hydrogen-bond acceptors (Lipinski definition) is 3. The van der Waals surface area contributed by atoms with Crippen molar-refractivity contribution >= 4 is 20.3 Å². The fourth-order valence-electron chi connectivity index (χ4n) is 3.02. The smallest absolute Gasteiger partial charge is 0.186 e. The molecule has 122 valence electrons. The Kier molecular flexibility index (Phi) is 5.62. The number of rotatable bonds is 6. The van der Waals surface area contributed by atoms with Crippen molar-refractivity contribution in [3.8, 4) is 0 Å². The average Bonchev–Trinajstić information content (AvgIpc) is 2.99. The molecule has 3 nitrogen and oxygen atoms in total. The zero-order valence-corrected chi connectivity index (χ0v) is 14.0. The number of carbonyl (C=O) groups is 1. The van der Waals surface area contributed by atoms with E-state index in [-0.39, 0.29) is 6.10 Å². The molecule has 0 amide bonds. The largest absolute Gasteiger partial charge is 0.372 e. The summed E-state index contributed by atoms with van der Waals surface area (Å²) in [5, 5.41) is 0. The quantitative estimate of drug-likeness (QED) is 0.606. The van der Waals surface area contributed by atoms with Gasteiger partial charge in [-0.25, -0.2) is 0 Å². The first-order valence-corrected chi connectivity index (χ1v) is 8.34. The highest BCUT2D eigenvalue weighted by molar-refractivity contribution is 6.05. The molecular formula is C20H22BNO2. The molecule has 1 aliphatic heterocycles. The highest BCUT2D eigenvalue weighted by Crippen LogP contribution is 2.21. The Hall–Kier alpha value is -2.17. The number of hydrogen-bond donors (Lipinski definition) is 0. The van der Waals surface area contributed by atoms with Crippen molar-refractivity contribution in [3.63, 3.8) is 0 Å². The van der Waals surface area contributed by atoms with Gasteiger partial charge in [-0.05, 0) is 17.5 Å². The molecule has 0 radical (unpaired) electrons. The maximum absolute atomic E-state index is 10.7. The molecule has 3 rings (SSSR count). The van der Waals surface area contributed by atoms with Crippen LogP contribution in [0.4, 0.5) is 0 Å². The predicted molar refractivity (Wildman–Crippen MR) is 99.5 cm³/mol. The minimum atomic E-state index is 0.266. The van der Waals surface area contributed by atoms with Crippen molar-refractivity contribution in [2.75, 3.05) is 6.54 Å². The van der Waals surface area contributed by atoms with Crippen LogP contribution in [0, 0.1) is 0 Å². The molecule has 0 bridgehead atoms. The van der Waals surface area contributed by atoms with E-state index in [0.717, 1.165) is 24.8 Å². The van der Waals surface area contributed by atoms with Crippen LogP contribution in [-0.4, -0.2) is 37.8 Å². The van der Waals surface area contributed by atoms with Gasteiger partial charge >= 0.3 is 0 Å². The molecule has 1 aliphatic rings. The summed E-state index contributed by atoms with van der Waals surface area (Å²) in [6, 6.07) is 18.3. The summed E-state index contributed by atoms with van der Waals surface area (Å²) < 4.78 is 6.06. The Balaban J connectivity index is 1.53. The van der Waals surface area contributed by atoms with Crippen molar-refractivity contribution in [1.29, 1.82) is 0 Å². The lowest BCUT2D eigenvalue weighted by Gasteiger charge is -2.14. The van der Waals surface area contributed by atoms with Gasteiger partial charge in [-0.1, -0.05) is 66.7 Å². The fourth-order valence-corrected chi connectivity index (χ4v) is 3.02. The summed E-state index contributed by atoms with van der Waals surface area (Å²) in [7, 11) is 2.14. The Morgan fingerprint density at radius 2 is 1.79 bits per heavy atom. The van der Waals surface area contributed by atoms with Crippen LogP contribution in [0.1, 0.15) is 27.9 Å². The molecule has 4 heteroatoms. The van der Waals surface area contributed by atoms with E-state index in [1.54, 1.807) is 0 Å². The Labute approximate surface area is 144 Å². The maximum atomic E-state index is 10.7. The van der Waals surface area contributed by atoms with Gasteiger partial charge in [0.05, 0.1) is 12.7 Å². The predicted octanol–water partition coefficient (Wildman–Crippen LogP) is 2.72. The molecule has 0 aromatic heterocycles. The van der Waals surface area contributed by atoms with Gasteiger partial charge in [0, 0.05) is 18.2 Å². The molecule has 2 aromatic carbocycles. The summed E-state index contributed by atoms with van der Waals surface area (Å²) in [6.45, 7) is 1.62. The van der Waals surface area contributed by atoms with Gasteiger partial charge in [-0.2, -0.15) is 0 Å². The van der Waals surface area contributed by atoms with Crippen LogP contribution in [0.2, 0.25) is 0 Å². The van der Waals surface area contributed by atoms with Crippen molar-refractivity contribution in [3.05, 3.63) is 77.4 Å². The van der Waals surface area contributed by atoms with E-state index in [9.17, 15) is 4.79 Å². The van der Waals surface area contributed by atoms with Crippen LogP contribution in [-0.2, 0) is 11.3 Å². The maximum Gasteiger partial charge on any atom is 0.186 e. The SMILES string of the molecule is BN1C[C@H](OCc2ccccc2)C[C@H]1/C=C/c1ccc(C=O)cc1. The summed E-state index contributed by atoms with van der Waals surface area (Å²) in [5.41, 5.74) is 3.04. The fraction of sp³-hybridized carbons (Fsp3) is 0.250. The van der Waals surface area contributed by atoms with E-state index in [2.05, 4.69) is 37.1 Å². The van der Waals surface area contributed by atoms with Crippen LogP contribution in [0.3, 0.4) is 0 Å². The van der Waals surface area contributed by atoms with Crippen molar-refractivity contribution in [2.45, 2.75) is 25.2 Å². The Morgan fingerprint density at radius 1 is 1.08 bits per heavy atom. The van der Waals surface area contributed by atoms with Crippen molar-refractivity contribution in [1.82, 2.24) is 4.81 Å². The molecule has 2 aromatic rings. The summed E-state index contributed by atoms with van der Waals surface area (Å²) >= 11 is 0. The summed E-state index contributed by atoms with van der Waals surface area (Å²) in [5.74, 6) is 0. The number of carbonyl (C=O) groups excluding carboxylic acids is 1. The first-order chi connectivity index (χ1) is 11.7. The van der Waals surface area contributed by atoms with Gasteiger partial charge in [0.25, 0.3) is 0 Å². The number of aldehydes is 1. The molecule has 0 spiro atoms. The highest BCUT2D eigenvalue weighted by Gasteiger charge is 2.27. The van der Waals surface area contributed by atoms with Gasteiger partial charge in [-0.15, -0.1) is 0 Å². The molecule has 0 aliphatic carbocycles. The van der Waals surface area contributed by atoms with E-state index in [1.807, 2.05) is 42.5 Å². The van der Waals surface area contributed by atoms with Crippen LogP contribution in [0.25, 0.3) is 6.08 Å². The Morgan fingerprint density at radius 3 is 2.50 bits per heavy atom. The van der Waals surface area contributed by atoms with E-state index in [1.165, 1.54) is 5.56 Å². The zero-order chi connectivity index (χ0) is 16.8. The normalized spacial score (nSPS) is 21.3. The summed E-state index contributed by atoms with van der Waals surface area (Å²) in [4.78, 5) is 13.0. The second kappa shape index (κ2) is 8.09. The van der Waals surface area contributed by atoms with Gasteiger partial charge in [0.1, 0.15) is 6.29 Å². The third-order valence-corrected chi connectivity index (χ3v) is 4.47. The molecular weight excluding hydrogens is 297 g/mol. The van der Waals surface area contributed by atoms with E-state index in [4.69, 9.17) is 4.74 Å². The molecule has 1 saturated heterocycles. The third kappa shape index (κ3) is 4.43. The zero-order valence-electron chi connectivity index (χ0n) is 14.0. The minimum Gasteiger partial charge on any atom is -0.372 e. The number of ether oxygens (including phenoxy) is 1. The minimum absolute atomic E-state index is 0.266. The van der Waals surface area contributed by atoms with Gasteiger partial charge in [-0.3, -0.25) is 4.79 Å². The second-order valence-electron chi connectivity index (χ2n) is 6.30. The Bertz CT molecular complexity index is 685. The standard InChI is InChI=1S/C20H22BNO2/c21-22-13-20(24-15-18-4-2-1-3-5-18)12-19(22)11-10-16-6-8-17(14-23)9-7-16/h1-11,14,19-20H,12-13,15,21H2/b11-10+/t19-,20-/m1/s1. The van der Waals surface area contributed by atoms with Crippen molar-refractivity contribution in [2.24, 2.45) is 0 Å². The van der Waals surface area contributed by atoms with E-state index < -0.39 is 0 Å². The van der Waals surface area contributed by atoms with E-state index in [0.29, 0.717) is 18.2 Å². The molecule has 0 N–H and O–H groups in total. The van der Waals surface area contributed by atoms with Crippen molar-refractivity contribution < 1.29 is 9.53 Å². The molecule has 1 heterocycles. The van der Waals surface area contributed by atoms with Gasteiger partial charge in [0.15, 0.2) is 7.98 Å². The topological polar surface area (TPSA) is 29.5 Å². The van der Waals surface area contributed by atoms with Crippen LogP contribution < -0.4 is 0 Å². The molecule has 0 saturated carbocycles. The average molecular weight is 319 g/mol. The second-order valence-corrected chi connectivity index (χ2v) is 6.30. The molecule has 1 fully saturated rings. The monoisotopic (exact) mass is 319 g/mol.